The van der Waals surface area contributed by atoms with Crippen molar-refractivity contribution in [3.05, 3.63) is 24.3 Å². The minimum Gasteiger partial charge on any atom is -0.0877 e. The molecule has 0 amide bonds. The molecule has 1 unspecified atom stereocenters. The number of allylic oxidation sites excluding steroid dienone is 4. The number of rotatable bonds is 14. The Balaban J connectivity index is 3.22. The first-order valence-corrected chi connectivity index (χ1v) is 9.09. The fourth-order valence-corrected chi connectivity index (χ4v) is 2.64. The molecule has 0 bridgehead atoms. The Kier molecular flexibility index (Phi) is 16.1. The Hall–Kier alpha value is -0.520. The second kappa shape index (κ2) is 16.5. The normalized spacial score (nSPS) is 13.6. The van der Waals surface area contributed by atoms with Gasteiger partial charge in [-0.15, -0.1) is 0 Å². The third-order valence-corrected chi connectivity index (χ3v) is 4.06. The number of unbranched alkanes of at least 4 members (excludes halogenated alkanes) is 8. The molecule has 0 aliphatic carbocycles. The number of hydrogen-bond donors (Lipinski definition) is 0. The van der Waals surface area contributed by atoms with Gasteiger partial charge in [0.1, 0.15) is 0 Å². The zero-order valence-electron chi connectivity index (χ0n) is 14.4. The SMILES string of the molecule is CC=CC=CCCCCCC(C)CCCCCCCC. The van der Waals surface area contributed by atoms with Gasteiger partial charge in [0.25, 0.3) is 0 Å². The molecule has 0 aliphatic heterocycles. The summed E-state index contributed by atoms with van der Waals surface area (Å²) in [7, 11) is 0. The Morgan fingerprint density at radius 3 is 2.00 bits per heavy atom. The number of hydrogen-bond acceptors (Lipinski definition) is 0. The van der Waals surface area contributed by atoms with E-state index in [0.717, 1.165) is 5.92 Å². The van der Waals surface area contributed by atoms with E-state index in [1.54, 1.807) is 0 Å². The van der Waals surface area contributed by atoms with E-state index < -0.39 is 0 Å². The molecule has 1 atom stereocenters. The molecule has 20 heavy (non-hydrogen) atoms. The van der Waals surface area contributed by atoms with Crippen molar-refractivity contribution in [3.8, 4) is 0 Å². The molecule has 0 saturated carbocycles. The first kappa shape index (κ1) is 19.5. The highest BCUT2D eigenvalue weighted by Crippen LogP contribution is 2.18. The van der Waals surface area contributed by atoms with Crippen molar-refractivity contribution in [1.29, 1.82) is 0 Å². The van der Waals surface area contributed by atoms with Crippen molar-refractivity contribution in [2.75, 3.05) is 0 Å². The maximum Gasteiger partial charge on any atom is -0.0348 e. The van der Waals surface area contributed by atoms with Crippen LogP contribution in [-0.4, -0.2) is 0 Å². The summed E-state index contributed by atoms with van der Waals surface area (Å²) in [5, 5.41) is 0. The predicted octanol–water partition coefficient (Wildman–Crippen LogP) is 7.46. The minimum absolute atomic E-state index is 0.944. The molecule has 0 N–H and O–H groups in total. The van der Waals surface area contributed by atoms with Crippen LogP contribution in [-0.2, 0) is 0 Å². The molecule has 0 radical (unpaired) electrons. The molecule has 0 heteroatoms. The van der Waals surface area contributed by atoms with Gasteiger partial charge in [0.15, 0.2) is 0 Å². The summed E-state index contributed by atoms with van der Waals surface area (Å²) in [5.74, 6) is 0.944. The van der Waals surface area contributed by atoms with Crippen molar-refractivity contribution in [2.45, 2.75) is 97.8 Å². The molecule has 0 saturated heterocycles. The molecular formula is C20H38. The van der Waals surface area contributed by atoms with Gasteiger partial charge in [-0.3, -0.25) is 0 Å². The monoisotopic (exact) mass is 278 g/mol. The third kappa shape index (κ3) is 15.5. The summed E-state index contributed by atoms with van der Waals surface area (Å²) in [5.41, 5.74) is 0. The van der Waals surface area contributed by atoms with Crippen molar-refractivity contribution < 1.29 is 0 Å². The lowest BCUT2D eigenvalue weighted by Gasteiger charge is -2.10. The minimum atomic E-state index is 0.944. The fraction of sp³-hybridized carbons (Fsp3) is 0.800. The molecule has 0 nitrogen and oxygen atoms in total. The molecule has 0 aliphatic rings. The molecule has 0 fully saturated rings. The lowest BCUT2D eigenvalue weighted by Crippen LogP contribution is -1.95. The van der Waals surface area contributed by atoms with E-state index in [4.69, 9.17) is 0 Å². The quantitative estimate of drug-likeness (QED) is 0.228. The van der Waals surface area contributed by atoms with Crippen molar-refractivity contribution in [2.24, 2.45) is 5.92 Å². The van der Waals surface area contributed by atoms with E-state index in [2.05, 4.69) is 45.1 Å². The standard InChI is InChI=1S/C20H38/c1-4-6-8-10-12-13-15-17-19-20(3)18-16-14-11-9-7-5-2/h4,6,8,10,20H,5,7,9,11-19H2,1-3H3. The van der Waals surface area contributed by atoms with Crippen LogP contribution in [0.3, 0.4) is 0 Å². The third-order valence-electron chi connectivity index (χ3n) is 4.06. The van der Waals surface area contributed by atoms with Gasteiger partial charge in [-0.1, -0.05) is 102 Å². The summed E-state index contributed by atoms with van der Waals surface area (Å²) in [6.45, 7) is 6.80. The molecule has 0 aromatic heterocycles. The van der Waals surface area contributed by atoms with Crippen LogP contribution in [0.2, 0.25) is 0 Å². The summed E-state index contributed by atoms with van der Waals surface area (Å²) < 4.78 is 0. The zero-order valence-corrected chi connectivity index (χ0v) is 14.4. The average molecular weight is 279 g/mol. The molecular weight excluding hydrogens is 240 g/mol. The Morgan fingerprint density at radius 2 is 1.35 bits per heavy atom. The van der Waals surface area contributed by atoms with E-state index in [1.807, 2.05) is 0 Å². The Morgan fingerprint density at radius 1 is 0.750 bits per heavy atom. The predicted molar refractivity (Wildman–Crippen MR) is 94.2 cm³/mol. The van der Waals surface area contributed by atoms with E-state index in [0.29, 0.717) is 0 Å². The van der Waals surface area contributed by atoms with Crippen LogP contribution in [0, 0.1) is 5.92 Å². The van der Waals surface area contributed by atoms with E-state index in [-0.39, 0.29) is 0 Å². The van der Waals surface area contributed by atoms with Gasteiger partial charge < -0.3 is 0 Å². The lowest BCUT2D eigenvalue weighted by atomic mass is 9.96. The lowest BCUT2D eigenvalue weighted by molar-refractivity contribution is 0.435. The van der Waals surface area contributed by atoms with Crippen LogP contribution in [0.4, 0.5) is 0 Å². The molecule has 118 valence electrons. The van der Waals surface area contributed by atoms with Crippen LogP contribution in [0.25, 0.3) is 0 Å². The maximum atomic E-state index is 2.44. The Bertz CT molecular complexity index is 224. The van der Waals surface area contributed by atoms with Crippen LogP contribution >= 0.6 is 0 Å². The van der Waals surface area contributed by atoms with Crippen LogP contribution < -0.4 is 0 Å². The molecule has 0 rings (SSSR count). The van der Waals surface area contributed by atoms with E-state index >= 15 is 0 Å². The first-order valence-electron chi connectivity index (χ1n) is 9.09. The topological polar surface area (TPSA) is 0 Å². The largest absolute Gasteiger partial charge is 0.0877 e. The van der Waals surface area contributed by atoms with Gasteiger partial charge in [-0.25, -0.2) is 0 Å². The second-order valence-electron chi connectivity index (χ2n) is 6.25. The van der Waals surface area contributed by atoms with Crippen molar-refractivity contribution >= 4 is 0 Å². The summed E-state index contributed by atoms with van der Waals surface area (Å²) in [6.07, 6.45) is 25.6. The Labute approximate surface area is 128 Å². The second-order valence-corrected chi connectivity index (χ2v) is 6.25. The maximum absolute atomic E-state index is 2.44. The molecule has 0 heterocycles. The van der Waals surface area contributed by atoms with Crippen molar-refractivity contribution in [1.82, 2.24) is 0 Å². The molecule has 0 aromatic carbocycles. The summed E-state index contributed by atoms with van der Waals surface area (Å²) in [6, 6.07) is 0. The smallest absolute Gasteiger partial charge is 0.0348 e. The molecule has 0 aromatic rings. The average Bonchev–Trinajstić information content (AvgIpc) is 2.45. The van der Waals surface area contributed by atoms with Gasteiger partial charge in [0, 0.05) is 0 Å². The van der Waals surface area contributed by atoms with Gasteiger partial charge in [0.05, 0.1) is 0 Å². The van der Waals surface area contributed by atoms with E-state index in [9.17, 15) is 0 Å². The zero-order chi connectivity index (χ0) is 14.9. The van der Waals surface area contributed by atoms with Crippen molar-refractivity contribution in [3.63, 3.8) is 0 Å². The first-order chi connectivity index (χ1) is 9.81. The van der Waals surface area contributed by atoms with Gasteiger partial charge in [-0.2, -0.15) is 0 Å². The fourth-order valence-electron chi connectivity index (χ4n) is 2.64. The highest BCUT2D eigenvalue weighted by atomic mass is 14.1. The van der Waals surface area contributed by atoms with Gasteiger partial charge in [-0.05, 0) is 25.7 Å². The summed E-state index contributed by atoms with van der Waals surface area (Å²) >= 11 is 0. The van der Waals surface area contributed by atoms with Gasteiger partial charge in [0.2, 0.25) is 0 Å². The van der Waals surface area contributed by atoms with E-state index in [1.165, 1.54) is 77.0 Å². The van der Waals surface area contributed by atoms with Crippen LogP contribution in [0.15, 0.2) is 24.3 Å². The molecule has 0 spiro atoms. The van der Waals surface area contributed by atoms with Gasteiger partial charge >= 0.3 is 0 Å². The van der Waals surface area contributed by atoms with Crippen LogP contribution in [0.1, 0.15) is 97.8 Å². The highest BCUT2D eigenvalue weighted by molar-refractivity contribution is 5.00. The highest BCUT2D eigenvalue weighted by Gasteiger charge is 2.01. The summed E-state index contributed by atoms with van der Waals surface area (Å²) in [4.78, 5) is 0. The van der Waals surface area contributed by atoms with Crippen LogP contribution in [0.5, 0.6) is 0 Å².